The number of carbonyl (C=O) groups is 1. The van der Waals surface area contributed by atoms with E-state index in [1.54, 1.807) is 26.0 Å². The fourth-order valence-corrected chi connectivity index (χ4v) is 1.27. The largest absolute Gasteiger partial charge is 0.329 e. The Bertz CT molecular complexity index is 385. The molecule has 1 aromatic carbocycles. The molecule has 1 aromatic rings. The number of rotatable bonds is 3. The molecule has 0 saturated heterocycles. The van der Waals surface area contributed by atoms with Crippen molar-refractivity contribution in [2.24, 2.45) is 11.1 Å². The van der Waals surface area contributed by atoms with E-state index in [1.807, 2.05) is 6.92 Å². The molecule has 0 aliphatic rings. The number of aryl methyl sites for hydroxylation is 1. The molecule has 0 atom stereocenters. The van der Waals surface area contributed by atoms with E-state index in [9.17, 15) is 9.18 Å². The first-order valence-corrected chi connectivity index (χ1v) is 4.89. The Labute approximate surface area is 89.3 Å². The van der Waals surface area contributed by atoms with E-state index in [4.69, 9.17) is 5.73 Å². The molecule has 0 saturated carbocycles. The maximum atomic E-state index is 13.4. The summed E-state index contributed by atoms with van der Waals surface area (Å²) >= 11 is 0. The lowest BCUT2D eigenvalue weighted by Crippen LogP contribution is -2.33. The molecular formula is C12H16FNO. The Kier molecular flexibility index (Phi) is 3.25. The lowest BCUT2D eigenvalue weighted by Gasteiger charge is -2.21. The van der Waals surface area contributed by atoms with Crippen molar-refractivity contribution in [3.8, 4) is 0 Å². The Balaban J connectivity index is 3.17. The van der Waals surface area contributed by atoms with E-state index >= 15 is 0 Å². The number of hydrogen-bond donors (Lipinski definition) is 1. The highest BCUT2D eigenvalue weighted by Gasteiger charge is 2.28. The number of carbonyl (C=O) groups excluding carboxylic acids is 1. The van der Waals surface area contributed by atoms with Crippen LogP contribution in [0, 0.1) is 18.2 Å². The fraction of sp³-hybridized carbons (Fsp3) is 0.417. The van der Waals surface area contributed by atoms with Gasteiger partial charge in [-0.25, -0.2) is 4.39 Å². The quantitative estimate of drug-likeness (QED) is 0.776. The number of ketones is 1. The van der Waals surface area contributed by atoms with E-state index in [-0.39, 0.29) is 17.9 Å². The molecule has 0 aromatic heterocycles. The molecule has 0 bridgehead atoms. The molecule has 0 spiro atoms. The third-order valence-corrected chi connectivity index (χ3v) is 2.49. The van der Waals surface area contributed by atoms with Gasteiger partial charge in [-0.05, 0) is 19.1 Å². The molecule has 0 heterocycles. The monoisotopic (exact) mass is 209 g/mol. The van der Waals surface area contributed by atoms with Gasteiger partial charge >= 0.3 is 0 Å². The second kappa shape index (κ2) is 4.11. The van der Waals surface area contributed by atoms with Gasteiger partial charge < -0.3 is 5.73 Å². The number of nitrogens with two attached hydrogens (primary N) is 1. The van der Waals surface area contributed by atoms with Crippen molar-refractivity contribution in [2.45, 2.75) is 20.8 Å². The molecule has 0 aliphatic heterocycles. The first-order chi connectivity index (χ1) is 6.88. The van der Waals surface area contributed by atoms with Crippen LogP contribution in [-0.4, -0.2) is 12.3 Å². The van der Waals surface area contributed by atoms with Gasteiger partial charge in [0, 0.05) is 12.0 Å². The molecular weight excluding hydrogens is 193 g/mol. The summed E-state index contributed by atoms with van der Waals surface area (Å²) in [4.78, 5) is 12.0. The Morgan fingerprint density at radius 1 is 1.47 bits per heavy atom. The van der Waals surface area contributed by atoms with Gasteiger partial charge in [0.25, 0.3) is 0 Å². The van der Waals surface area contributed by atoms with Gasteiger partial charge in [0.2, 0.25) is 0 Å². The molecule has 0 amide bonds. The minimum absolute atomic E-state index is 0.130. The van der Waals surface area contributed by atoms with Crippen LogP contribution in [0.4, 0.5) is 4.39 Å². The predicted octanol–water partition coefficient (Wildman–Crippen LogP) is 2.30. The summed E-state index contributed by atoms with van der Waals surface area (Å²) in [5.74, 6) is -0.724. The van der Waals surface area contributed by atoms with E-state index in [0.717, 1.165) is 5.56 Å². The van der Waals surface area contributed by atoms with Gasteiger partial charge in [0.15, 0.2) is 5.78 Å². The van der Waals surface area contributed by atoms with Crippen molar-refractivity contribution in [2.75, 3.05) is 6.54 Å². The average Bonchev–Trinajstić information content (AvgIpc) is 2.20. The summed E-state index contributed by atoms with van der Waals surface area (Å²) < 4.78 is 13.4. The fourth-order valence-electron chi connectivity index (χ4n) is 1.27. The molecule has 0 radical (unpaired) electrons. The summed E-state index contributed by atoms with van der Waals surface area (Å²) in [7, 11) is 0. The minimum Gasteiger partial charge on any atom is -0.329 e. The van der Waals surface area contributed by atoms with Crippen LogP contribution < -0.4 is 5.73 Å². The van der Waals surface area contributed by atoms with Gasteiger partial charge in [-0.15, -0.1) is 0 Å². The second-order valence-corrected chi connectivity index (χ2v) is 4.40. The van der Waals surface area contributed by atoms with Gasteiger partial charge in [0.05, 0.1) is 5.56 Å². The first-order valence-electron chi connectivity index (χ1n) is 4.89. The van der Waals surface area contributed by atoms with Gasteiger partial charge in [-0.1, -0.05) is 25.5 Å². The van der Waals surface area contributed by atoms with Gasteiger partial charge in [-0.2, -0.15) is 0 Å². The molecule has 2 nitrogen and oxygen atoms in total. The average molecular weight is 209 g/mol. The molecule has 0 fully saturated rings. The Morgan fingerprint density at radius 3 is 2.60 bits per heavy atom. The minimum atomic E-state index is -0.714. The maximum absolute atomic E-state index is 13.4. The number of benzene rings is 1. The normalized spacial score (nSPS) is 11.5. The van der Waals surface area contributed by atoms with Crippen LogP contribution in [0.15, 0.2) is 18.2 Å². The molecule has 0 aliphatic carbocycles. The molecule has 2 N–H and O–H groups in total. The SMILES string of the molecule is Cc1ccc(F)c(C(=O)C(C)(C)CN)c1. The van der Waals surface area contributed by atoms with Crippen LogP contribution in [0.1, 0.15) is 29.8 Å². The highest BCUT2D eigenvalue weighted by Crippen LogP contribution is 2.22. The van der Waals surface area contributed by atoms with E-state index in [0.29, 0.717) is 0 Å². The summed E-state index contributed by atoms with van der Waals surface area (Å²) in [6.45, 7) is 5.47. The zero-order valence-electron chi connectivity index (χ0n) is 9.30. The van der Waals surface area contributed by atoms with Crippen LogP contribution in [0.2, 0.25) is 0 Å². The van der Waals surface area contributed by atoms with Gasteiger partial charge in [-0.3, -0.25) is 4.79 Å². The summed E-state index contributed by atoms with van der Waals surface area (Å²) in [6, 6.07) is 4.52. The highest BCUT2D eigenvalue weighted by molar-refractivity contribution is 6.00. The number of hydrogen-bond acceptors (Lipinski definition) is 2. The molecule has 82 valence electrons. The van der Waals surface area contributed by atoms with E-state index < -0.39 is 11.2 Å². The molecule has 1 rings (SSSR count). The zero-order valence-corrected chi connectivity index (χ0v) is 9.30. The van der Waals surface area contributed by atoms with E-state index in [1.165, 1.54) is 6.07 Å². The molecule has 0 unspecified atom stereocenters. The molecule has 15 heavy (non-hydrogen) atoms. The predicted molar refractivity (Wildman–Crippen MR) is 58.3 cm³/mol. The van der Waals surface area contributed by atoms with Crippen LogP contribution in [0.3, 0.4) is 0 Å². The Hall–Kier alpha value is -1.22. The van der Waals surface area contributed by atoms with E-state index in [2.05, 4.69) is 0 Å². The maximum Gasteiger partial charge on any atom is 0.172 e. The van der Waals surface area contributed by atoms with Crippen LogP contribution in [-0.2, 0) is 0 Å². The highest BCUT2D eigenvalue weighted by atomic mass is 19.1. The van der Waals surface area contributed by atoms with Crippen molar-refractivity contribution in [1.29, 1.82) is 0 Å². The van der Waals surface area contributed by atoms with Crippen molar-refractivity contribution in [1.82, 2.24) is 0 Å². The molecule has 3 heteroatoms. The smallest absolute Gasteiger partial charge is 0.172 e. The van der Waals surface area contributed by atoms with Crippen molar-refractivity contribution < 1.29 is 9.18 Å². The number of Topliss-reactive ketones (excluding diaryl/α,β-unsaturated/α-hetero) is 1. The van der Waals surface area contributed by atoms with Crippen LogP contribution >= 0.6 is 0 Å². The Morgan fingerprint density at radius 2 is 2.07 bits per heavy atom. The third kappa shape index (κ3) is 2.42. The summed E-state index contributed by atoms with van der Waals surface area (Å²) in [6.07, 6.45) is 0. The van der Waals surface area contributed by atoms with Gasteiger partial charge in [0.1, 0.15) is 5.82 Å². The standard InChI is InChI=1S/C12H16FNO/c1-8-4-5-10(13)9(6-8)11(15)12(2,3)7-14/h4-6H,7,14H2,1-3H3. The first kappa shape index (κ1) is 11.9. The van der Waals surface area contributed by atoms with Crippen molar-refractivity contribution in [3.63, 3.8) is 0 Å². The zero-order chi connectivity index (χ0) is 11.6. The third-order valence-electron chi connectivity index (χ3n) is 2.49. The summed E-state index contributed by atoms with van der Waals surface area (Å²) in [5.41, 5.74) is 5.77. The topological polar surface area (TPSA) is 43.1 Å². The lowest BCUT2D eigenvalue weighted by atomic mass is 9.84. The van der Waals surface area contributed by atoms with Crippen molar-refractivity contribution >= 4 is 5.78 Å². The van der Waals surface area contributed by atoms with Crippen LogP contribution in [0.25, 0.3) is 0 Å². The second-order valence-electron chi connectivity index (χ2n) is 4.40. The summed E-state index contributed by atoms with van der Waals surface area (Å²) in [5, 5.41) is 0. The lowest BCUT2D eigenvalue weighted by molar-refractivity contribution is 0.0843. The number of halogens is 1. The van der Waals surface area contributed by atoms with Crippen molar-refractivity contribution in [3.05, 3.63) is 35.1 Å². The van der Waals surface area contributed by atoms with Crippen LogP contribution in [0.5, 0.6) is 0 Å².